The molecule has 1 aliphatic rings. The van der Waals surface area contributed by atoms with Crippen LogP contribution in [0.5, 0.6) is 0 Å². The fraction of sp³-hybridized carbons (Fsp3) is 0.867. The lowest BCUT2D eigenvalue weighted by Crippen LogP contribution is -2.19. The van der Waals surface area contributed by atoms with Crippen LogP contribution in [0.3, 0.4) is 0 Å². The first-order chi connectivity index (χ1) is 7.02. The molecule has 2 unspecified atom stereocenters. The van der Waals surface area contributed by atoms with Crippen LogP contribution < -0.4 is 0 Å². The van der Waals surface area contributed by atoms with Gasteiger partial charge < -0.3 is 0 Å². The molecule has 15 heavy (non-hydrogen) atoms. The molecule has 0 heteroatoms. The highest BCUT2D eigenvalue weighted by molar-refractivity contribution is 4.97. The number of allylic oxidation sites excluding steroid dienone is 1. The Kier molecular flexibility index (Phi) is 4.43. The molecule has 1 fully saturated rings. The first-order valence-electron chi connectivity index (χ1n) is 6.66. The second-order valence-corrected chi connectivity index (χ2v) is 5.83. The molecular weight excluding hydrogens is 180 g/mol. The van der Waals surface area contributed by atoms with Crippen molar-refractivity contribution >= 4 is 0 Å². The van der Waals surface area contributed by atoms with Crippen molar-refractivity contribution in [3.05, 3.63) is 12.2 Å². The van der Waals surface area contributed by atoms with Crippen molar-refractivity contribution in [1.29, 1.82) is 0 Å². The van der Waals surface area contributed by atoms with E-state index in [1.54, 1.807) is 0 Å². The lowest BCUT2D eigenvalue weighted by molar-refractivity contribution is 0.220. The summed E-state index contributed by atoms with van der Waals surface area (Å²) < 4.78 is 0. The summed E-state index contributed by atoms with van der Waals surface area (Å²) in [6.45, 7) is 13.4. The maximum atomic E-state index is 3.97. The van der Waals surface area contributed by atoms with Gasteiger partial charge in [0.05, 0.1) is 0 Å². The van der Waals surface area contributed by atoms with Gasteiger partial charge in [-0.05, 0) is 49.9 Å². The highest BCUT2D eigenvalue weighted by Crippen LogP contribution is 2.57. The van der Waals surface area contributed by atoms with E-state index in [9.17, 15) is 0 Å². The second-order valence-electron chi connectivity index (χ2n) is 5.83. The van der Waals surface area contributed by atoms with Crippen LogP contribution >= 0.6 is 0 Å². The summed E-state index contributed by atoms with van der Waals surface area (Å²) in [4.78, 5) is 0. The monoisotopic (exact) mass is 208 g/mol. The fourth-order valence-electron chi connectivity index (χ4n) is 2.87. The molecule has 1 aliphatic carbocycles. The summed E-state index contributed by atoms with van der Waals surface area (Å²) in [6.07, 6.45) is 8.29. The summed E-state index contributed by atoms with van der Waals surface area (Å²) >= 11 is 0. The largest absolute Gasteiger partial charge is 0.100 e. The fourth-order valence-corrected chi connectivity index (χ4v) is 2.87. The van der Waals surface area contributed by atoms with E-state index in [0.717, 1.165) is 17.3 Å². The summed E-state index contributed by atoms with van der Waals surface area (Å²) in [5.74, 6) is 1.82. The van der Waals surface area contributed by atoms with Gasteiger partial charge >= 0.3 is 0 Å². The first-order valence-corrected chi connectivity index (χ1v) is 6.66. The van der Waals surface area contributed by atoms with Crippen LogP contribution in [0.1, 0.15) is 66.2 Å². The van der Waals surface area contributed by atoms with E-state index in [2.05, 4.69) is 34.3 Å². The Morgan fingerprint density at radius 3 is 2.33 bits per heavy atom. The Balaban J connectivity index is 2.27. The number of rotatable bonds is 7. The second kappa shape index (κ2) is 5.18. The molecule has 0 heterocycles. The van der Waals surface area contributed by atoms with E-state index in [1.807, 2.05) is 0 Å². The van der Waals surface area contributed by atoms with E-state index >= 15 is 0 Å². The van der Waals surface area contributed by atoms with Crippen molar-refractivity contribution in [2.75, 3.05) is 0 Å². The van der Waals surface area contributed by atoms with Crippen LogP contribution in [0.15, 0.2) is 12.2 Å². The molecule has 0 spiro atoms. The Morgan fingerprint density at radius 1 is 1.33 bits per heavy atom. The minimum Gasteiger partial charge on any atom is -0.100 e. The van der Waals surface area contributed by atoms with E-state index in [4.69, 9.17) is 0 Å². The molecule has 0 saturated heterocycles. The van der Waals surface area contributed by atoms with Gasteiger partial charge in [0.25, 0.3) is 0 Å². The maximum absolute atomic E-state index is 3.97. The highest BCUT2D eigenvalue weighted by atomic mass is 14.5. The molecule has 0 aromatic carbocycles. The molecule has 0 bridgehead atoms. The third-order valence-electron chi connectivity index (χ3n) is 4.68. The summed E-state index contributed by atoms with van der Waals surface area (Å²) in [6, 6.07) is 0. The molecule has 0 radical (unpaired) electrons. The predicted molar refractivity (Wildman–Crippen MR) is 69.0 cm³/mol. The van der Waals surface area contributed by atoms with Crippen LogP contribution in [0.4, 0.5) is 0 Å². The highest BCUT2D eigenvalue weighted by Gasteiger charge is 2.46. The van der Waals surface area contributed by atoms with Gasteiger partial charge in [0.15, 0.2) is 0 Å². The number of hydrogen-bond acceptors (Lipinski definition) is 0. The molecule has 88 valence electrons. The van der Waals surface area contributed by atoms with Crippen molar-refractivity contribution < 1.29 is 0 Å². The SMILES string of the molecule is C=C(C)CCCC(C)C(C)C1(CC)CC1. The third kappa shape index (κ3) is 3.36. The first kappa shape index (κ1) is 12.8. The van der Waals surface area contributed by atoms with Crippen LogP contribution in [0.25, 0.3) is 0 Å². The normalized spacial score (nSPS) is 22.1. The summed E-state index contributed by atoms with van der Waals surface area (Å²) in [5.41, 5.74) is 2.08. The lowest BCUT2D eigenvalue weighted by atomic mass is 9.77. The van der Waals surface area contributed by atoms with Crippen LogP contribution in [-0.4, -0.2) is 0 Å². The van der Waals surface area contributed by atoms with E-state index in [1.165, 1.54) is 44.1 Å². The molecule has 1 rings (SSSR count). The molecule has 0 N–H and O–H groups in total. The van der Waals surface area contributed by atoms with E-state index in [-0.39, 0.29) is 0 Å². The van der Waals surface area contributed by atoms with Crippen molar-refractivity contribution in [3.8, 4) is 0 Å². The van der Waals surface area contributed by atoms with E-state index in [0.29, 0.717) is 0 Å². The Labute approximate surface area is 96.2 Å². The third-order valence-corrected chi connectivity index (χ3v) is 4.68. The van der Waals surface area contributed by atoms with Gasteiger partial charge in [-0.15, -0.1) is 6.58 Å². The molecular formula is C15H28. The van der Waals surface area contributed by atoms with Gasteiger partial charge in [0, 0.05) is 0 Å². The lowest BCUT2D eigenvalue weighted by Gasteiger charge is -2.28. The van der Waals surface area contributed by atoms with Crippen molar-refractivity contribution in [3.63, 3.8) is 0 Å². The van der Waals surface area contributed by atoms with Crippen LogP contribution in [0.2, 0.25) is 0 Å². The van der Waals surface area contributed by atoms with Crippen molar-refractivity contribution in [2.45, 2.75) is 66.2 Å². The summed E-state index contributed by atoms with van der Waals surface area (Å²) in [7, 11) is 0. The van der Waals surface area contributed by atoms with Gasteiger partial charge in [-0.25, -0.2) is 0 Å². The quantitative estimate of drug-likeness (QED) is 0.505. The smallest absolute Gasteiger partial charge is 0.0271 e. The molecule has 2 atom stereocenters. The average Bonchev–Trinajstić information content (AvgIpc) is 2.96. The molecule has 0 nitrogen and oxygen atoms in total. The minimum absolute atomic E-state index is 0.739. The van der Waals surface area contributed by atoms with Gasteiger partial charge in [-0.2, -0.15) is 0 Å². The zero-order valence-corrected chi connectivity index (χ0v) is 11.1. The zero-order valence-electron chi connectivity index (χ0n) is 11.1. The Bertz CT molecular complexity index is 210. The Morgan fingerprint density at radius 2 is 1.93 bits per heavy atom. The Hall–Kier alpha value is -0.260. The molecule has 1 saturated carbocycles. The van der Waals surface area contributed by atoms with Gasteiger partial charge in [-0.1, -0.05) is 39.2 Å². The van der Waals surface area contributed by atoms with Gasteiger partial charge in [0.2, 0.25) is 0 Å². The minimum atomic E-state index is 0.739. The molecule has 0 amide bonds. The average molecular weight is 208 g/mol. The van der Waals surface area contributed by atoms with E-state index < -0.39 is 0 Å². The molecule has 0 aliphatic heterocycles. The zero-order chi connectivity index (χ0) is 11.5. The van der Waals surface area contributed by atoms with Gasteiger partial charge in [-0.3, -0.25) is 0 Å². The maximum Gasteiger partial charge on any atom is -0.0271 e. The predicted octanol–water partition coefficient (Wildman–Crippen LogP) is 5.20. The topological polar surface area (TPSA) is 0 Å². The number of hydrogen-bond donors (Lipinski definition) is 0. The molecule has 0 aromatic rings. The van der Waals surface area contributed by atoms with Gasteiger partial charge in [0.1, 0.15) is 0 Å². The molecule has 0 aromatic heterocycles. The summed E-state index contributed by atoms with van der Waals surface area (Å²) in [5, 5.41) is 0. The standard InChI is InChI=1S/C15H28/c1-6-15(10-11-15)14(5)13(4)9-7-8-12(2)3/h13-14H,2,6-11H2,1,3-5H3. The van der Waals surface area contributed by atoms with Crippen molar-refractivity contribution in [2.24, 2.45) is 17.3 Å². The van der Waals surface area contributed by atoms with Crippen LogP contribution in [0, 0.1) is 17.3 Å². The van der Waals surface area contributed by atoms with Crippen LogP contribution in [-0.2, 0) is 0 Å². The van der Waals surface area contributed by atoms with Crippen molar-refractivity contribution in [1.82, 2.24) is 0 Å².